The summed E-state index contributed by atoms with van der Waals surface area (Å²) in [5.41, 5.74) is 1.26. The molecule has 32 heavy (non-hydrogen) atoms. The summed E-state index contributed by atoms with van der Waals surface area (Å²) in [5.74, 6) is 2.91. The number of piperidine rings is 1. The second-order valence-electron chi connectivity index (χ2n) is 9.57. The summed E-state index contributed by atoms with van der Waals surface area (Å²) in [7, 11) is 0. The zero-order valence-corrected chi connectivity index (χ0v) is 18.4. The fourth-order valence-corrected chi connectivity index (χ4v) is 5.70. The SMILES string of the molecule is O=c1cccc2n1C[C@H]1C[C@@H]2CN(c2nc(NC[C@@H]3CCCO3)nc(N3CCCC3)n2)C1. The Balaban J connectivity index is 1.28. The van der Waals surface area contributed by atoms with Crippen molar-refractivity contribution in [2.75, 3.05) is 54.4 Å². The first-order chi connectivity index (χ1) is 15.7. The molecule has 2 aromatic rings. The smallest absolute Gasteiger partial charge is 0.250 e. The number of nitrogens with one attached hydrogen (secondary N) is 1. The second-order valence-corrected chi connectivity index (χ2v) is 9.57. The van der Waals surface area contributed by atoms with Gasteiger partial charge in [-0.15, -0.1) is 0 Å². The highest BCUT2D eigenvalue weighted by Crippen LogP contribution is 2.36. The minimum absolute atomic E-state index is 0.114. The molecule has 0 unspecified atom stereocenters. The molecule has 4 aliphatic rings. The van der Waals surface area contributed by atoms with Gasteiger partial charge in [-0.25, -0.2) is 0 Å². The molecule has 170 valence electrons. The van der Waals surface area contributed by atoms with Crippen LogP contribution in [0.1, 0.15) is 43.7 Å². The molecule has 6 heterocycles. The van der Waals surface area contributed by atoms with Gasteiger partial charge in [0.15, 0.2) is 0 Å². The fourth-order valence-electron chi connectivity index (χ4n) is 5.70. The molecule has 0 aromatic carbocycles. The third-order valence-electron chi connectivity index (χ3n) is 7.28. The van der Waals surface area contributed by atoms with E-state index in [9.17, 15) is 4.79 Å². The third kappa shape index (κ3) is 3.83. The van der Waals surface area contributed by atoms with Gasteiger partial charge in [0.25, 0.3) is 5.56 Å². The zero-order chi connectivity index (χ0) is 21.5. The number of ether oxygens (including phenoxy) is 1. The molecule has 3 saturated heterocycles. The summed E-state index contributed by atoms with van der Waals surface area (Å²) in [5, 5.41) is 3.42. The summed E-state index contributed by atoms with van der Waals surface area (Å²) in [6.45, 7) is 6.03. The predicted octanol–water partition coefficient (Wildman–Crippen LogP) is 1.85. The van der Waals surface area contributed by atoms with Crippen LogP contribution in [-0.2, 0) is 11.3 Å². The monoisotopic (exact) mass is 437 g/mol. The lowest BCUT2D eigenvalue weighted by molar-refractivity contribution is 0.120. The van der Waals surface area contributed by atoms with Crippen molar-refractivity contribution in [2.45, 2.75) is 50.7 Å². The maximum Gasteiger partial charge on any atom is 0.250 e. The van der Waals surface area contributed by atoms with Gasteiger partial charge in [0.2, 0.25) is 17.8 Å². The minimum Gasteiger partial charge on any atom is -0.376 e. The molecule has 3 atom stereocenters. The molecule has 2 bridgehead atoms. The lowest BCUT2D eigenvalue weighted by Gasteiger charge is -2.42. The van der Waals surface area contributed by atoms with Crippen LogP contribution in [-0.4, -0.2) is 65.0 Å². The number of aromatic nitrogens is 4. The van der Waals surface area contributed by atoms with Crippen molar-refractivity contribution >= 4 is 17.8 Å². The van der Waals surface area contributed by atoms with Crippen LogP contribution in [0.15, 0.2) is 23.0 Å². The Kier molecular flexibility index (Phi) is 5.21. The van der Waals surface area contributed by atoms with Crippen molar-refractivity contribution in [3.63, 3.8) is 0 Å². The van der Waals surface area contributed by atoms with Crippen LogP contribution < -0.4 is 20.7 Å². The first kappa shape index (κ1) is 20.0. The average molecular weight is 438 g/mol. The molecule has 9 heteroatoms. The van der Waals surface area contributed by atoms with Gasteiger partial charge in [0.1, 0.15) is 0 Å². The van der Waals surface area contributed by atoms with Crippen LogP contribution in [0.5, 0.6) is 0 Å². The molecule has 1 N–H and O–H groups in total. The van der Waals surface area contributed by atoms with Crippen molar-refractivity contribution in [1.29, 1.82) is 0 Å². The lowest BCUT2D eigenvalue weighted by Crippen LogP contribution is -2.47. The van der Waals surface area contributed by atoms with E-state index < -0.39 is 0 Å². The van der Waals surface area contributed by atoms with Gasteiger partial charge >= 0.3 is 0 Å². The van der Waals surface area contributed by atoms with E-state index in [1.54, 1.807) is 6.07 Å². The maximum atomic E-state index is 12.4. The molecular formula is C23H31N7O2. The molecular weight excluding hydrogens is 406 g/mol. The lowest BCUT2D eigenvalue weighted by atomic mass is 9.83. The van der Waals surface area contributed by atoms with Crippen LogP contribution in [0.25, 0.3) is 0 Å². The van der Waals surface area contributed by atoms with Crippen LogP contribution in [0.4, 0.5) is 17.8 Å². The Morgan fingerprint density at radius 3 is 2.66 bits per heavy atom. The molecule has 3 fully saturated rings. The van der Waals surface area contributed by atoms with Crippen molar-refractivity contribution in [2.24, 2.45) is 5.92 Å². The number of hydrogen-bond donors (Lipinski definition) is 1. The summed E-state index contributed by atoms with van der Waals surface area (Å²) >= 11 is 0. The quantitative estimate of drug-likeness (QED) is 0.758. The summed E-state index contributed by atoms with van der Waals surface area (Å²) in [6.07, 6.45) is 5.91. The van der Waals surface area contributed by atoms with E-state index in [0.29, 0.717) is 17.8 Å². The Morgan fingerprint density at radius 2 is 1.84 bits per heavy atom. The Bertz CT molecular complexity index is 1030. The minimum atomic E-state index is 0.114. The number of hydrogen-bond acceptors (Lipinski definition) is 8. The predicted molar refractivity (Wildman–Crippen MR) is 123 cm³/mol. The van der Waals surface area contributed by atoms with Gasteiger partial charge in [-0.05, 0) is 44.1 Å². The summed E-state index contributed by atoms with van der Waals surface area (Å²) < 4.78 is 7.73. The summed E-state index contributed by atoms with van der Waals surface area (Å²) in [6, 6.07) is 5.65. The first-order valence-electron chi connectivity index (χ1n) is 12.0. The molecule has 0 saturated carbocycles. The van der Waals surface area contributed by atoms with Crippen LogP contribution in [0.3, 0.4) is 0 Å². The highest BCUT2D eigenvalue weighted by Gasteiger charge is 2.36. The van der Waals surface area contributed by atoms with Gasteiger partial charge < -0.3 is 24.4 Å². The van der Waals surface area contributed by atoms with E-state index in [0.717, 1.165) is 82.7 Å². The first-order valence-corrected chi connectivity index (χ1v) is 12.0. The fraction of sp³-hybridized carbons (Fsp3) is 0.652. The van der Waals surface area contributed by atoms with Crippen molar-refractivity contribution in [3.05, 3.63) is 34.2 Å². The van der Waals surface area contributed by atoms with E-state index in [-0.39, 0.29) is 11.7 Å². The number of nitrogens with zero attached hydrogens (tertiary/aromatic N) is 6. The van der Waals surface area contributed by atoms with E-state index >= 15 is 0 Å². The second kappa shape index (κ2) is 8.35. The van der Waals surface area contributed by atoms with E-state index in [1.165, 1.54) is 12.8 Å². The van der Waals surface area contributed by atoms with Crippen molar-refractivity contribution < 1.29 is 4.74 Å². The Morgan fingerprint density at radius 1 is 1.00 bits per heavy atom. The van der Waals surface area contributed by atoms with Crippen LogP contribution >= 0.6 is 0 Å². The van der Waals surface area contributed by atoms with E-state index in [4.69, 9.17) is 19.7 Å². The van der Waals surface area contributed by atoms with Crippen molar-refractivity contribution in [1.82, 2.24) is 19.5 Å². The Labute approximate surface area is 187 Å². The molecule has 0 amide bonds. The number of pyridine rings is 1. The average Bonchev–Trinajstić information content (AvgIpc) is 3.53. The standard InChI is InChI=1S/C23H31N7O2/c31-20-7-3-6-19-17-11-16(14-30(19)20)13-29(15-17)23-26-21(24-12-18-5-4-10-32-18)25-22(27-23)28-8-1-2-9-28/h3,6-7,16-18H,1-2,4-5,8-15H2,(H,24,25,26,27)/t16-,17+,18-/m0/s1. The van der Waals surface area contributed by atoms with Gasteiger partial charge in [0, 0.05) is 63.6 Å². The zero-order valence-electron chi connectivity index (χ0n) is 18.4. The van der Waals surface area contributed by atoms with Gasteiger partial charge in [0.05, 0.1) is 6.10 Å². The van der Waals surface area contributed by atoms with Crippen molar-refractivity contribution in [3.8, 4) is 0 Å². The van der Waals surface area contributed by atoms with Gasteiger partial charge in [-0.2, -0.15) is 15.0 Å². The van der Waals surface area contributed by atoms with E-state index in [1.807, 2.05) is 10.6 Å². The van der Waals surface area contributed by atoms with Gasteiger partial charge in [-0.3, -0.25) is 4.79 Å². The maximum absolute atomic E-state index is 12.4. The Hall–Kier alpha value is -2.68. The molecule has 0 radical (unpaired) electrons. The normalized spacial score (nSPS) is 26.9. The molecule has 0 aliphatic carbocycles. The molecule has 0 spiro atoms. The largest absolute Gasteiger partial charge is 0.376 e. The number of fused-ring (bicyclic) bond motifs is 4. The molecule has 9 nitrogen and oxygen atoms in total. The van der Waals surface area contributed by atoms with Crippen LogP contribution in [0.2, 0.25) is 0 Å². The molecule has 6 rings (SSSR count). The highest BCUT2D eigenvalue weighted by atomic mass is 16.5. The van der Waals surface area contributed by atoms with Gasteiger partial charge in [-0.1, -0.05) is 6.07 Å². The van der Waals surface area contributed by atoms with Crippen LogP contribution in [0, 0.1) is 5.92 Å². The van der Waals surface area contributed by atoms with E-state index in [2.05, 4.69) is 21.2 Å². The number of anilines is 3. The number of rotatable bonds is 5. The topological polar surface area (TPSA) is 88.4 Å². The molecule has 2 aromatic heterocycles. The highest BCUT2D eigenvalue weighted by molar-refractivity contribution is 5.47. The third-order valence-corrected chi connectivity index (χ3v) is 7.28. The summed E-state index contributed by atoms with van der Waals surface area (Å²) in [4.78, 5) is 31.4. The molecule has 4 aliphatic heterocycles.